The average molecular weight is 236 g/mol. The summed E-state index contributed by atoms with van der Waals surface area (Å²) in [6.07, 6.45) is 0.479. The molecule has 0 atom stereocenters. The standard InChI is InChI=1S/C12H16N2O3/c1-9(16)8-12(17)14-13-11-4-2-10(3-5-11)6-7-15/h2-5,13,15H,6-8H2,1H3,(H,14,17). The Bertz CT molecular complexity index is 387. The second kappa shape index (κ2) is 6.65. The van der Waals surface area contributed by atoms with Crippen LogP contribution in [-0.4, -0.2) is 23.4 Å². The lowest BCUT2D eigenvalue weighted by molar-refractivity contribution is -0.126. The van der Waals surface area contributed by atoms with Crippen LogP contribution in [0.2, 0.25) is 0 Å². The number of aliphatic hydroxyl groups excluding tert-OH is 1. The Morgan fingerprint density at radius 3 is 2.41 bits per heavy atom. The minimum absolute atomic E-state index is 0.113. The van der Waals surface area contributed by atoms with Crippen LogP contribution >= 0.6 is 0 Å². The third-order valence-electron chi connectivity index (χ3n) is 2.11. The molecule has 1 amide bonds. The number of ketones is 1. The van der Waals surface area contributed by atoms with Crippen LogP contribution < -0.4 is 10.9 Å². The first-order valence-corrected chi connectivity index (χ1v) is 5.36. The van der Waals surface area contributed by atoms with Crippen molar-refractivity contribution in [2.24, 2.45) is 0 Å². The van der Waals surface area contributed by atoms with Crippen LogP contribution in [0.25, 0.3) is 0 Å². The fraction of sp³-hybridized carbons (Fsp3) is 0.333. The molecule has 1 rings (SSSR count). The lowest BCUT2D eigenvalue weighted by Gasteiger charge is -2.08. The molecule has 0 aliphatic carbocycles. The van der Waals surface area contributed by atoms with E-state index in [0.717, 1.165) is 11.3 Å². The SMILES string of the molecule is CC(=O)CC(=O)NNc1ccc(CCO)cc1. The summed E-state index contributed by atoms with van der Waals surface area (Å²) in [6.45, 7) is 1.48. The van der Waals surface area contributed by atoms with Crippen molar-refractivity contribution < 1.29 is 14.7 Å². The first kappa shape index (κ1) is 13.2. The molecule has 1 aromatic carbocycles. The first-order chi connectivity index (χ1) is 8.11. The van der Waals surface area contributed by atoms with Crippen molar-refractivity contribution in [1.82, 2.24) is 5.43 Å². The molecule has 0 unspecified atom stereocenters. The molecule has 0 bridgehead atoms. The highest BCUT2D eigenvalue weighted by molar-refractivity contribution is 5.97. The summed E-state index contributed by atoms with van der Waals surface area (Å²) in [7, 11) is 0. The van der Waals surface area contributed by atoms with Crippen LogP contribution in [0.4, 0.5) is 5.69 Å². The van der Waals surface area contributed by atoms with Gasteiger partial charge in [-0.15, -0.1) is 0 Å². The maximum absolute atomic E-state index is 11.2. The highest BCUT2D eigenvalue weighted by atomic mass is 16.3. The number of amides is 1. The Labute approximate surface area is 99.8 Å². The van der Waals surface area contributed by atoms with Crippen LogP contribution in [0, 0.1) is 0 Å². The number of hydrogen-bond donors (Lipinski definition) is 3. The summed E-state index contributed by atoms with van der Waals surface area (Å²) in [5, 5.41) is 8.74. The van der Waals surface area contributed by atoms with Crippen LogP contribution in [-0.2, 0) is 16.0 Å². The molecule has 0 saturated heterocycles. The molecule has 3 N–H and O–H groups in total. The Balaban J connectivity index is 2.41. The van der Waals surface area contributed by atoms with Gasteiger partial charge < -0.3 is 5.11 Å². The van der Waals surface area contributed by atoms with Gasteiger partial charge in [-0.2, -0.15) is 0 Å². The van der Waals surface area contributed by atoms with E-state index in [1.54, 1.807) is 12.1 Å². The van der Waals surface area contributed by atoms with Crippen molar-refractivity contribution in [2.45, 2.75) is 19.8 Å². The number of rotatable bonds is 6. The van der Waals surface area contributed by atoms with Gasteiger partial charge in [-0.3, -0.25) is 20.4 Å². The number of benzene rings is 1. The number of carbonyl (C=O) groups is 2. The van der Waals surface area contributed by atoms with Gasteiger partial charge in [0.1, 0.15) is 5.78 Å². The summed E-state index contributed by atoms with van der Waals surface area (Å²) in [6, 6.07) is 7.30. The third kappa shape index (κ3) is 5.12. The minimum atomic E-state index is -0.364. The number of hydrazine groups is 1. The summed E-state index contributed by atoms with van der Waals surface area (Å²) < 4.78 is 0. The number of anilines is 1. The molecule has 1 aromatic rings. The van der Waals surface area contributed by atoms with Gasteiger partial charge in [-0.25, -0.2) is 0 Å². The first-order valence-electron chi connectivity index (χ1n) is 5.36. The molecule has 0 fully saturated rings. The number of nitrogens with one attached hydrogen (secondary N) is 2. The van der Waals surface area contributed by atoms with Gasteiger partial charge in [0.15, 0.2) is 0 Å². The Kier molecular flexibility index (Phi) is 5.16. The molecule has 0 aliphatic heterocycles. The number of carbonyl (C=O) groups excluding carboxylic acids is 2. The van der Waals surface area contributed by atoms with Gasteiger partial charge in [0.2, 0.25) is 5.91 Å². The van der Waals surface area contributed by atoms with Gasteiger partial charge >= 0.3 is 0 Å². The maximum atomic E-state index is 11.2. The van der Waals surface area contributed by atoms with Crippen LogP contribution in [0.1, 0.15) is 18.9 Å². The summed E-state index contributed by atoms with van der Waals surface area (Å²) >= 11 is 0. The molecule has 5 nitrogen and oxygen atoms in total. The summed E-state index contributed by atoms with van der Waals surface area (Å²) in [5.41, 5.74) is 6.87. The number of hydrogen-bond acceptors (Lipinski definition) is 4. The van der Waals surface area contributed by atoms with Crippen molar-refractivity contribution in [3.63, 3.8) is 0 Å². The van der Waals surface area contributed by atoms with Gasteiger partial charge in [-0.05, 0) is 31.0 Å². The lowest BCUT2D eigenvalue weighted by Crippen LogP contribution is -2.30. The predicted molar refractivity (Wildman–Crippen MR) is 64.3 cm³/mol. The van der Waals surface area contributed by atoms with Crippen molar-refractivity contribution in [2.75, 3.05) is 12.0 Å². The zero-order valence-corrected chi connectivity index (χ0v) is 9.69. The molecule has 0 radical (unpaired) electrons. The third-order valence-corrected chi connectivity index (χ3v) is 2.11. The molecular weight excluding hydrogens is 220 g/mol. The van der Waals surface area contributed by atoms with Crippen molar-refractivity contribution in [3.8, 4) is 0 Å². The quantitative estimate of drug-likeness (QED) is 0.500. The molecule has 92 valence electrons. The zero-order valence-electron chi connectivity index (χ0n) is 9.69. The van der Waals surface area contributed by atoms with E-state index in [-0.39, 0.29) is 24.7 Å². The van der Waals surface area contributed by atoms with Gasteiger partial charge in [0, 0.05) is 6.61 Å². The van der Waals surface area contributed by atoms with Gasteiger partial charge in [0.05, 0.1) is 12.1 Å². The van der Waals surface area contributed by atoms with Crippen LogP contribution in [0.15, 0.2) is 24.3 Å². The van der Waals surface area contributed by atoms with Gasteiger partial charge in [0.25, 0.3) is 0 Å². The summed E-state index contributed by atoms with van der Waals surface area (Å²) in [4.78, 5) is 21.8. The monoisotopic (exact) mass is 236 g/mol. The zero-order chi connectivity index (χ0) is 12.7. The highest BCUT2D eigenvalue weighted by Gasteiger charge is 2.03. The molecule has 0 heterocycles. The Hall–Kier alpha value is -1.88. The second-order valence-electron chi connectivity index (χ2n) is 3.72. The molecule has 5 heteroatoms. The molecule has 0 aliphatic rings. The smallest absolute Gasteiger partial charge is 0.245 e. The average Bonchev–Trinajstić information content (AvgIpc) is 2.28. The molecular formula is C12H16N2O3. The van der Waals surface area contributed by atoms with E-state index in [9.17, 15) is 9.59 Å². The fourth-order valence-electron chi connectivity index (χ4n) is 1.30. The van der Waals surface area contributed by atoms with E-state index in [1.807, 2.05) is 12.1 Å². The Morgan fingerprint density at radius 2 is 1.88 bits per heavy atom. The second-order valence-corrected chi connectivity index (χ2v) is 3.72. The van der Waals surface area contributed by atoms with E-state index in [0.29, 0.717) is 6.42 Å². The number of Topliss-reactive ketones (excluding diaryl/α,β-unsaturated/α-hetero) is 1. The van der Waals surface area contributed by atoms with Crippen LogP contribution in [0.3, 0.4) is 0 Å². The van der Waals surface area contributed by atoms with E-state index in [1.165, 1.54) is 6.92 Å². The highest BCUT2D eigenvalue weighted by Crippen LogP contribution is 2.08. The molecule has 0 saturated carbocycles. The van der Waals surface area contributed by atoms with Gasteiger partial charge in [-0.1, -0.05) is 12.1 Å². The maximum Gasteiger partial charge on any atom is 0.245 e. The van der Waals surface area contributed by atoms with E-state index < -0.39 is 0 Å². The van der Waals surface area contributed by atoms with E-state index in [4.69, 9.17) is 5.11 Å². The van der Waals surface area contributed by atoms with Crippen molar-refractivity contribution >= 4 is 17.4 Å². The normalized spacial score (nSPS) is 9.76. The molecule has 0 aromatic heterocycles. The molecule has 17 heavy (non-hydrogen) atoms. The topological polar surface area (TPSA) is 78.4 Å². The van der Waals surface area contributed by atoms with E-state index in [2.05, 4.69) is 10.9 Å². The minimum Gasteiger partial charge on any atom is -0.396 e. The fourth-order valence-corrected chi connectivity index (χ4v) is 1.30. The van der Waals surface area contributed by atoms with Crippen molar-refractivity contribution in [3.05, 3.63) is 29.8 Å². The van der Waals surface area contributed by atoms with Crippen molar-refractivity contribution in [1.29, 1.82) is 0 Å². The largest absolute Gasteiger partial charge is 0.396 e. The lowest BCUT2D eigenvalue weighted by atomic mass is 10.1. The summed E-state index contributed by atoms with van der Waals surface area (Å²) in [5.74, 6) is -0.542. The molecule has 0 spiro atoms. The predicted octanol–water partition coefficient (Wildman–Crippen LogP) is 0.644. The van der Waals surface area contributed by atoms with E-state index >= 15 is 0 Å². The number of aliphatic hydroxyl groups is 1. The Morgan fingerprint density at radius 1 is 1.24 bits per heavy atom. The van der Waals surface area contributed by atoms with Crippen LogP contribution in [0.5, 0.6) is 0 Å².